The zero-order valence-electron chi connectivity index (χ0n) is 11.5. The molecule has 3 atom stereocenters. The predicted octanol–water partition coefficient (Wildman–Crippen LogP) is 3.22. The van der Waals surface area contributed by atoms with Crippen LogP contribution < -0.4 is 5.32 Å². The lowest BCUT2D eigenvalue weighted by atomic mass is 9.80. The second-order valence-corrected chi connectivity index (χ2v) is 5.66. The van der Waals surface area contributed by atoms with E-state index in [4.69, 9.17) is 0 Å². The van der Waals surface area contributed by atoms with Gasteiger partial charge in [0.1, 0.15) is 0 Å². The lowest BCUT2D eigenvalue weighted by Crippen LogP contribution is -2.33. The van der Waals surface area contributed by atoms with Crippen molar-refractivity contribution in [2.45, 2.75) is 52.5 Å². The van der Waals surface area contributed by atoms with Gasteiger partial charge in [0.25, 0.3) is 0 Å². The Morgan fingerprint density at radius 3 is 2.88 bits per heavy atom. The van der Waals surface area contributed by atoms with Crippen LogP contribution in [0.4, 0.5) is 5.69 Å². The molecule has 3 heteroatoms. The first-order valence-corrected chi connectivity index (χ1v) is 6.89. The molecule has 1 fully saturated rings. The Bertz CT molecular complexity index is 370. The molecule has 0 spiro atoms. The molecule has 1 aliphatic rings. The molecule has 17 heavy (non-hydrogen) atoms. The summed E-state index contributed by atoms with van der Waals surface area (Å²) in [6.45, 7) is 6.90. The van der Waals surface area contributed by atoms with Crippen molar-refractivity contribution in [3.63, 3.8) is 0 Å². The molecule has 96 valence electrons. The van der Waals surface area contributed by atoms with Crippen LogP contribution in [-0.2, 0) is 13.5 Å². The summed E-state index contributed by atoms with van der Waals surface area (Å²) in [4.78, 5) is 0. The highest BCUT2D eigenvalue weighted by Gasteiger charge is 2.26. The van der Waals surface area contributed by atoms with Crippen molar-refractivity contribution in [3.05, 3.63) is 11.9 Å². The van der Waals surface area contributed by atoms with Gasteiger partial charge in [-0.3, -0.25) is 4.68 Å². The highest BCUT2D eigenvalue weighted by molar-refractivity contribution is 5.47. The van der Waals surface area contributed by atoms with Crippen LogP contribution in [0.3, 0.4) is 0 Å². The Hall–Kier alpha value is -0.990. The van der Waals surface area contributed by atoms with E-state index in [9.17, 15) is 0 Å². The largest absolute Gasteiger partial charge is 0.379 e. The summed E-state index contributed by atoms with van der Waals surface area (Å²) in [6.07, 6.45) is 7.14. The molecule has 0 aliphatic heterocycles. The molecule has 0 saturated heterocycles. The van der Waals surface area contributed by atoms with Crippen molar-refractivity contribution >= 4 is 5.69 Å². The van der Waals surface area contributed by atoms with E-state index in [0.717, 1.165) is 18.3 Å². The van der Waals surface area contributed by atoms with Gasteiger partial charge < -0.3 is 5.32 Å². The van der Waals surface area contributed by atoms with Crippen molar-refractivity contribution < 1.29 is 0 Å². The van der Waals surface area contributed by atoms with Crippen molar-refractivity contribution in [3.8, 4) is 0 Å². The number of nitrogens with zero attached hydrogens (tertiary/aromatic N) is 2. The van der Waals surface area contributed by atoms with Crippen molar-refractivity contribution in [2.75, 3.05) is 5.32 Å². The first-order chi connectivity index (χ1) is 8.10. The van der Waals surface area contributed by atoms with E-state index in [-0.39, 0.29) is 0 Å². The van der Waals surface area contributed by atoms with Gasteiger partial charge in [-0.05, 0) is 31.1 Å². The van der Waals surface area contributed by atoms with Crippen LogP contribution in [0.5, 0.6) is 0 Å². The third-order valence-electron chi connectivity index (χ3n) is 4.04. The fraction of sp³-hybridized carbons (Fsp3) is 0.786. The van der Waals surface area contributed by atoms with Gasteiger partial charge in [-0.1, -0.05) is 27.2 Å². The summed E-state index contributed by atoms with van der Waals surface area (Å²) >= 11 is 0. The number of rotatable bonds is 3. The molecule has 1 aliphatic carbocycles. The topological polar surface area (TPSA) is 29.9 Å². The molecule has 0 bridgehead atoms. The Morgan fingerprint density at radius 2 is 2.18 bits per heavy atom. The van der Waals surface area contributed by atoms with Crippen molar-refractivity contribution in [1.29, 1.82) is 0 Å². The summed E-state index contributed by atoms with van der Waals surface area (Å²) in [5.41, 5.74) is 2.43. The van der Waals surface area contributed by atoms with Gasteiger partial charge in [0, 0.05) is 19.3 Å². The molecule has 0 radical (unpaired) electrons. The highest BCUT2D eigenvalue weighted by Crippen LogP contribution is 2.31. The van der Waals surface area contributed by atoms with Crippen LogP contribution in [0.1, 0.15) is 45.7 Å². The maximum Gasteiger partial charge on any atom is 0.0853 e. The van der Waals surface area contributed by atoms with Crippen LogP contribution >= 0.6 is 0 Å². The normalized spacial score (nSPS) is 29.3. The molecule has 3 nitrogen and oxygen atoms in total. The molecule has 3 unspecified atom stereocenters. The minimum absolute atomic E-state index is 0.619. The third kappa shape index (κ3) is 2.82. The molecule has 1 saturated carbocycles. The van der Waals surface area contributed by atoms with Crippen molar-refractivity contribution in [2.24, 2.45) is 18.9 Å². The summed E-state index contributed by atoms with van der Waals surface area (Å²) in [5.74, 6) is 1.63. The van der Waals surface area contributed by atoms with Gasteiger partial charge >= 0.3 is 0 Å². The fourth-order valence-corrected chi connectivity index (χ4v) is 2.85. The zero-order valence-corrected chi connectivity index (χ0v) is 11.5. The monoisotopic (exact) mass is 235 g/mol. The first kappa shape index (κ1) is 12.5. The first-order valence-electron chi connectivity index (χ1n) is 6.89. The van der Waals surface area contributed by atoms with Crippen LogP contribution in [0.15, 0.2) is 6.20 Å². The molecular formula is C14H25N3. The van der Waals surface area contributed by atoms with Crippen molar-refractivity contribution in [1.82, 2.24) is 9.78 Å². The number of hydrogen-bond donors (Lipinski definition) is 1. The number of nitrogens with one attached hydrogen (secondary N) is 1. The van der Waals surface area contributed by atoms with Gasteiger partial charge in [-0.15, -0.1) is 0 Å². The minimum Gasteiger partial charge on any atom is -0.379 e. The molecule has 1 aromatic heterocycles. The average Bonchev–Trinajstić information content (AvgIpc) is 2.64. The maximum absolute atomic E-state index is 4.49. The summed E-state index contributed by atoms with van der Waals surface area (Å²) < 4.78 is 1.91. The van der Waals surface area contributed by atoms with E-state index in [1.54, 1.807) is 0 Å². The highest BCUT2D eigenvalue weighted by atomic mass is 15.3. The quantitative estimate of drug-likeness (QED) is 0.871. The van der Waals surface area contributed by atoms with Gasteiger partial charge in [-0.25, -0.2) is 0 Å². The molecule has 2 rings (SSSR count). The van der Waals surface area contributed by atoms with E-state index in [2.05, 4.69) is 37.4 Å². The Morgan fingerprint density at radius 1 is 1.41 bits per heavy atom. The zero-order chi connectivity index (χ0) is 12.4. The average molecular weight is 235 g/mol. The van der Waals surface area contributed by atoms with Crippen LogP contribution in [-0.4, -0.2) is 15.8 Å². The smallest absolute Gasteiger partial charge is 0.0853 e. The minimum atomic E-state index is 0.619. The summed E-state index contributed by atoms with van der Waals surface area (Å²) in [7, 11) is 2.00. The molecule has 1 heterocycles. The number of anilines is 1. The standard InChI is InChI=1S/C14H25N3/c1-5-12-14(9-17(4)16-12)15-13-8-10(2)6-7-11(13)3/h9-11,13,15H,5-8H2,1-4H3. The molecule has 0 amide bonds. The Kier molecular flexibility index (Phi) is 3.75. The van der Waals surface area contributed by atoms with Crippen LogP contribution in [0, 0.1) is 11.8 Å². The van der Waals surface area contributed by atoms with Gasteiger partial charge in [-0.2, -0.15) is 5.10 Å². The Labute approximate surface area is 105 Å². The number of aromatic nitrogens is 2. The van der Waals surface area contributed by atoms with Gasteiger partial charge in [0.2, 0.25) is 0 Å². The van der Waals surface area contributed by atoms with Gasteiger partial charge in [0.15, 0.2) is 0 Å². The Balaban J connectivity index is 2.08. The lowest BCUT2D eigenvalue weighted by molar-refractivity contribution is 0.280. The van der Waals surface area contributed by atoms with E-state index < -0.39 is 0 Å². The second-order valence-electron chi connectivity index (χ2n) is 5.66. The van der Waals surface area contributed by atoms with Crippen LogP contribution in [0.25, 0.3) is 0 Å². The van der Waals surface area contributed by atoms with E-state index in [0.29, 0.717) is 6.04 Å². The number of hydrogen-bond acceptors (Lipinski definition) is 2. The van der Waals surface area contributed by atoms with E-state index in [1.807, 2.05) is 11.7 Å². The maximum atomic E-state index is 4.49. The third-order valence-corrected chi connectivity index (χ3v) is 4.04. The summed E-state index contributed by atoms with van der Waals surface area (Å²) in [5, 5.41) is 8.21. The molecule has 0 aromatic carbocycles. The fourth-order valence-electron chi connectivity index (χ4n) is 2.85. The van der Waals surface area contributed by atoms with E-state index >= 15 is 0 Å². The van der Waals surface area contributed by atoms with Crippen LogP contribution in [0.2, 0.25) is 0 Å². The summed E-state index contributed by atoms with van der Waals surface area (Å²) in [6, 6.07) is 0.619. The molecule has 1 aromatic rings. The lowest BCUT2D eigenvalue weighted by Gasteiger charge is -2.33. The second kappa shape index (κ2) is 5.11. The molecule has 1 N–H and O–H groups in total. The number of aryl methyl sites for hydroxylation is 2. The SMILES string of the molecule is CCc1nn(C)cc1NC1CC(C)CCC1C. The van der Waals surface area contributed by atoms with Gasteiger partial charge in [0.05, 0.1) is 11.4 Å². The predicted molar refractivity (Wildman–Crippen MR) is 72.2 cm³/mol. The van der Waals surface area contributed by atoms with E-state index in [1.165, 1.54) is 30.6 Å². The molecular weight excluding hydrogens is 210 g/mol.